The van der Waals surface area contributed by atoms with Crippen LogP contribution in [0, 0.1) is 5.41 Å². The van der Waals surface area contributed by atoms with Crippen LogP contribution in [0.1, 0.15) is 42.5 Å². The predicted molar refractivity (Wildman–Crippen MR) is 114 cm³/mol. The normalized spacial score (nSPS) is 23.8. The molecule has 3 aliphatic rings. The maximum Gasteiger partial charge on any atom is 0.490 e. The zero-order valence-corrected chi connectivity index (χ0v) is 18.5. The molecule has 33 heavy (non-hydrogen) atoms. The van der Waals surface area contributed by atoms with E-state index in [-0.39, 0.29) is 17.4 Å². The molecule has 1 aromatic carbocycles. The highest BCUT2D eigenvalue weighted by molar-refractivity contribution is 5.94. The Morgan fingerprint density at radius 3 is 2.18 bits per heavy atom. The Labute approximate surface area is 191 Å². The van der Waals surface area contributed by atoms with Gasteiger partial charge in [-0.2, -0.15) is 13.2 Å². The van der Waals surface area contributed by atoms with Gasteiger partial charge in [0, 0.05) is 38.3 Å². The fourth-order valence-electron chi connectivity index (χ4n) is 4.70. The number of alkyl halides is 3. The number of carboxylic acids is 1. The molecule has 184 valence electrons. The average molecular weight is 473 g/mol. The number of amides is 1. The molecule has 1 spiro atoms. The van der Waals surface area contributed by atoms with Crippen molar-refractivity contribution in [3.05, 3.63) is 35.9 Å². The number of halogens is 3. The second kappa shape index (κ2) is 10.8. The fraction of sp³-hybridized carbons (Fsp3) is 0.652. The van der Waals surface area contributed by atoms with Crippen molar-refractivity contribution in [3.8, 4) is 0 Å². The first-order valence-corrected chi connectivity index (χ1v) is 11.2. The molecule has 2 N–H and O–H groups in total. The first kappa shape index (κ1) is 25.5. The fourth-order valence-corrected chi connectivity index (χ4v) is 4.70. The summed E-state index contributed by atoms with van der Waals surface area (Å²) < 4.78 is 37.9. The molecule has 0 radical (unpaired) electrons. The molecule has 0 aliphatic carbocycles. The van der Waals surface area contributed by atoms with E-state index in [1.165, 1.54) is 0 Å². The summed E-state index contributed by atoms with van der Waals surface area (Å²) in [4.78, 5) is 26.0. The van der Waals surface area contributed by atoms with E-state index in [2.05, 4.69) is 4.90 Å². The summed E-state index contributed by atoms with van der Waals surface area (Å²) in [6.45, 7) is 5.45. The standard InChI is InChI=1S/C21H30N2O3.C2HF3O2/c24-18-6-10-22(11-7-18)15-19-14-21(16-26-19)8-12-23(13-9-21)20(25)17-4-2-1-3-5-17;3-2(4,5)1(6)7/h1-5,18-19,24H,6-16H2;(H,6,7). The van der Waals surface area contributed by atoms with Gasteiger partial charge >= 0.3 is 12.1 Å². The second-order valence-electron chi connectivity index (χ2n) is 9.13. The third-order valence-corrected chi connectivity index (χ3v) is 6.68. The van der Waals surface area contributed by atoms with Crippen LogP contribution >= 0.6 is 0 Å². The Bertz CT molecular complexity index is 789. The number of carbonyl (C=O) groups is 2. The van der Waals surface area contributed by atoms with Crippen molar-refractivity contribution < 1.29 is 37.7 Å². The lowest BCUT2D eigenvalue weighted by molar-refractivity contribution is -0.192. The first-order chi connectivity index (χ1) is 15.6. The molecule has 3 fully saturated rings. The van der Waals surface area contributed by atoms with Crippen molar-refractivity contribution in [1.82, 2.24) is 9.80 Å². The number of aliphatic carboxylic acids is 1. The number of carboxylic acid groups (broad SMARTS) is 1. The number of piperidine rings is 2. The van der Waals surface area contributed by atoms with E-state index >= 15 is 0 Å². The minimum atomic E-state index is -5.08. The number of rotatable bonds is 3. The molecule has 1 amide bonds. The van der Waals surface area contributed by atoms with Crippen LogP contribution in [0.4, 0.5) is 13.2 Å². The van der Waals surface area contributed by atoms with Crippen LogP contribution in [-0.2, 0) is 9.53 Å². The van der Waals surface area contributed by atoms with Crippen LogP contribution in [0.5, 0.6) is 0 Å². The number of aliphatic hydroxyl groups is 1. The lowest BCUT2D eigenvalue weighted by Gasteiger charge is -2.38. The maximum absolute atomic E-state index is 12.6. The maximum atomic E-state index is 12.6. The Morgan fingerprint density at radius 2 is 1.64 bits per heavy atom. The highest BCUT2D eigenvalue weighted by Crippen LogP contribution is 2.42. The summed E-state index contributed by atoms with van der Waals surface area (Å²) in [6.07, 6.45) is 0.0688. The molecule has 1 aromatic rings. The molecule has 3 aliphatic heterocycles. The number of carbonyl (C=O) groups excluding carboxylic acids is 1. The van der Waals surface area contributed by atoms with Crippen LogP contribution in [0.3, 0.4) is 0 Å². The van der Waals surface area contributed by atoms with E-state index in [9.17, 15) is 23.1 Å². The Kier molecular flexibility index (Phi) is 8.36. The van der Waals surface area contributed by atoms with Gasteiger partial charge in [0.25, 0.3) is 5.91 Å². The van der Waals surface area contributed by atoms with Crippen LogP contribution in [0.2, 0.25) is 0 Å². The second-order valence-corrected chi connectivity index (χ2v) is 9.13. The number of likely N-dealkylation sites (tertiary alicyclic amines) is 2. The molecule has 3 heterocycles. The van der Waals surface area contributed by atoms with Crippen molar-refractivity contribution >= 4 is 11.9 Å². The van der Waals surface area contributed by atoms with Crippen molar-refractivity contribution in [1.29, 1.82) is 0 Å². The average Bonchev–Trinajstić information content (AvgIpc) is 3.17. The zero-order chi connectivity index (χ0) is 24.1. The van der Waals surface area contributed by atoms with Gasteiger partial charge < -0.3 is 24.7 Å². The summed E-state index contributed by atoms with van der Waals surface area (Å²) >= 11 is 0. The smallest absolute Gasteiger partial charge is 0.475 e. The number of benzene rings is 1. The highest BCUT2D eigenvalue weighted by atomic mass is 19.4. The van der Waals surface area contributed by atoms with Gasteiger partial charge in [-0.05, 0) is 49.7 Å². The van der Waals surface area contributed by atoms with Gasteiger partial charge in [-0.25, -0.2) is 4.79 Å². The van der Waals surface area contributed by atoms with Gasteiger partial charge in [-0.1, -0.05) is 18.2 Å². The molecule has 1 atom stereocenters. The Balaban J connectivity index is 0.000000383. The van der Waals surface area contributed by atoms with E-state index in [1.807, 2.05) is 35.2 Å². The number of nitrogens with zero attached hydrogens (tertiary/aromatic N) is 2. The molecule has 4 rings (SSSR count). The molecule has 3 saturated heterocycles. The van der Waals surface area contributed by atoms with Crippen molar-refractivity contribution in [2.75, 3.05) is 39.3 Å². The summed E-state index contributed by atoms with van der Waals surface area (Å²) in [7, 11) is 0. The Morgan fingerprint density at radius 1 is 1.06 bits per heavy atom. The molecule has 1 unspecified atom stereocenters. The van der Waals surface area contributed by atoms with Crippen LogP contribution in [0.15, 0.2) is 30.3 Å². The number of aliphatic hydroxyl groups excluding tert-OH is 1. The molecule has 0 aromatic heterocycles. The molecular weight excluding hydrogens is 441 g/mol. The van der Waals surface area contributed by atoms with E-state index < -0.39 is 12.1 Å². The minimum Gasteiger partial charge on any atom is -0.475 e. The highest BCUT2D eigenvalue weighted by Gasteiger charge is 2.43. The summed E-state index contributed by atoms with van der Waals surface area (Å²) in [5.74, 6) is -2.60. The quantitative estimate of drug-likeness (QED) is 0.703. The molecule has 0 saturated carbocycles. The van der Waals surface area contributed by atoms with E-state index in [0.717, 1.165) is 77.0 Å². The zero-order valence-electron chi connectivity index (χ0n) is 18.5. The lowest BCUT2D eigenvalue weighted by Crippen LogP contribution is -2.44. The monoisotopic (exact) mass is 472 g/mol. The van der Waals surface area contributed by atoms with Crippen molar-refractivity contribution in [2.24, 2.45) is 5.41 Å². The van der Waals surface area contributed by atoms with E-state index in [1.54, 1.807) is 0 Å². The number of hydrogen-bond acceptors (Lipinski definition) is 5. The minimum absolute atomic E-state index is 0.117. The van der Waals surface area contributed by atoms with E-state index in [0.29, 0.717) is 6.10 Å². The van der Waals surface area contributed by atoms with Crippen molar-refractivity contribution in [2.45, 2.75) is 50.5 Å². The van der Waals surface area contributed by atoms with Crippen LogP contribution in [0.25, 0.3) is 0 Å². The number of ether oxygens (including phenoxy) is 1. The first-order valence-electron chi connectivity index (χ1n) is 11.2. The van der Waals surface area contributed by atoms with Crippen molar-refractivity contribution in [3.63, 3.8) is 0 Å². The van der Waals surface area contributed by atoms with Gasteiger partial charge in [-0.3, -0.25) is 4.79 Å². The van der Waals surface area contributed by atoms with E-state index in [4.69, 9.17) is 14.6 Å². The lowest BCUT2D eigenvalue weighted by atomic mass is 9.76. The summed E-state index contributed by atoms with van der Waals surface area (Å²) in [6, 6.07) is 9.59. The molecular formula is C23H31F3N2O5. The summed E-state index contributed by atoms with van der Waals surface area (Å²) in [5.41, 5.74) is 1.05. The van der Waals surface area contributed by atoms with Crippen LogP contribution < -0.4 is 0 Å². The molecule has 0 bridgehead atoms. The molecule has 7 nitrogen and oxygen atoms in total. The third-order valence-electron chi connectivity index (χ3n) is 6.68. The van der Waals surface area contributed by atoms with Gasteiger partial charge in [0.05, 0.1) is 18.8 Å². The largest absolute Gasteiger partial charge is 0.490 e. The van der Waals surface area contributed by atoms with Gasteiger partial charge in [0.1, 0.15) is 0 Å². The van der Waals surface area contributed by atoms with Gasteiger partial charge in [0.2, 0.25) is 0 Å². The predicted octanol–water partition coefficient (Wildman–Crippen LogP) is 2.79. The third kappa shape index (κ3) is 7.15. The van der Waals surface area contributed by atoms with Gasteiger partial charge in [-0.15, -0.1) is 0 Å². The topological polar surface area (TPSA) is 90.3 Å². The SMILES string of the molecule is O=C(O)C(F)(F)F.O=C(c1ccccc1)N1CCC2(CC1)COC(CN1CCC(O)CC1)C2. The summed E-state index contributed by atoms with van der Waals surface area (Å²) in [5, 5.41) is 16.8. The Hall–Kier alpha value is -2.17. The number of hydrogen-bond donors (Lipinski definition) is 2. The van der Waals surface area contributed by atoms with Gasteiger partial charge in [0.15, 0.2) is 0 Å². The molecule has 10 heteroatoms. The van der Waals surface area contributed by atoms with Crippen LogP contribution in [-0.4, -0.2) is 89.6 Å².